The molecule has 0 saturated carbocycles. The number of anilines is 1. The molecule has 0 spiro atoms. The minimum atomic E-state index is -0.984. The van der Waals surface area contributed by atoms with Crippen LogP contribution in [0.5, 0.6) is 0 Å². The van der Waals surface area contributed by atoms with E-state index in [1.807, 2.05) is 0 Å². The summed E-state index contributed by atoms with van der Waals surface area (Å²) in [6.45, 7) is 0. The van der Waals surface area contributed by atoms with Crippen LogP contribution in [0, 0.1) is 11.3 Å². The van der Waals surface area contributed by atoms with Crippen LogP contribution in [0.3, 0.4) is 0 Å². The van der Waals surface area contributed by atoms with E-state index in [0.29, 0.717) is 17.1 Å². The molecule has 7 nitrogen and oxygen atoms in total. The van der Waals surface area contributed by atoms with Crippen molar-refractivity contribution < 1.29 is 9.90 Å². The zero-order valence-corrected chi connectivity index (χ0v) is 14.1. The highest BCUT2D eigenvalue weighted by Gasteiger charge is 2.06. The van der Waals surface area contributed by atoms with Gasteiger partial charge in [0.15, 0.2) is 11.8 Å². The van der Waals surface area contributed by atoms with Crippen LogP contribution in [0.15, 0.2) is 71.9 Å². The molecule has 0 amide bonds. The summed E-state index contributed by atoms with van der Waals surface area (Å²) >= 11 is 0. The van der Waals surface area contributed by atoms with Crippen molar-refractivity contribution in [3.05, 3.63) is 78.0 Å². The molecule has 3 rings (SSSR count). The number of nitrogens with one attached hydrogen (secondary N) is 1. The minimum absolute atomic E-state index is 0.103. The van der Waals surface area contributed by atoms with Gasteiger partial charge >= 0.3 is 5.97 Å². The molecule has 27 heavy (non-hydrogen) atoms. The van der Waals surface area contributed by atoms with Crippen LogP contribution in [0.4, 0.5) is 11.5 Å². The van der Waals surface area contributed by atoms with Crippen molar-refractivity contribution >= 4 is 23.4 Å². The highest BCUT2D eigenvalue weighted by Crippen LogP contribution is 2.22. The minimum Gasteiger partial charge on any atom is -0.478 e. The Morgan fingerprint density at radius 1 is 1.11 bits per heavy atom. The number of nitrogens with two attached hydrogens (primary N) is 1. The Labute approximate surface area is 155 Å². The maximum absolute atomic E-state index is 11.1. The Morgan fingerprint density at radius 2 is 1.93 bits per heavy atom. The lowest BCUT2D eigenvalue weighted by Gasteiger charge is -2.07. The predicted molar refractivity (Wildman–Crippen MR) is 103 cm³/mol. The van der Waals surface area contributed by atoms with Crippen LogP contribution in [-0.4, -0.2) is 22.0 Å². The van der Waals surface area contributed by atoms with E-state index in [2.05, 4.69) is 21.4 Å². The van der Waals surface area contributed by atoms with E-state index in [4.69, 9.17) is 16.1 Å². The van der Waals surface area contributed by atoms with E-state index in [1.165, 1.54) is 6.07 Å². The van der Waals surface area contributed by atoms with E-state index >= 15 is 0 Å². The molecule has 0 bridgehead atoms. The molecule has 7 heteroatoms. The first-order valence-electron chi connectivity index (χ1n) is 7.97. The van der Waals surface area contributed by atoms with Crippen molar-refractivity contribution in [2.75, 3.05) is 5.32 Å². The predicted octanol–water partition coefficient (Wildman–Crippen LogP) is 3.38. The van der Waals surface area contributed by atoms with Gasteiger partial charge in [-0.25, -0.2) is 9.78 Å². The first kappa shape index (κ1) is 17.6. The molecule has 0 aliphatic rings. The van der Waals surface area contributed by atoms with E-state index in [0.717, 1.165) is 11.1 Å². The summed E-state index contributed by atoms with van der Waals surface area (Å²) in [6, 6.07) is 19.1. The maximum atomic E-state index is 11.1. The molecule has 0 saturated heterocycles. The summed E-state index contributed by atoms with van der Waals surface area (Å²) in [5.74, 6) is -0.499. The fourth-order valence-electron chi connectivity index (χ4n) is 2.43. The zero-order valence-electron chi connectivity index (χ0n) is 14.1. The largest absolute Gasteiger partial charge is 0.478 e. The molecule has 1 aromatic heterocycles. The molecule has 0 aliphatic carbocycles. The van der Waals surface area contributed by atoms with E-state index in [-0.39, 0.29) is 11.5 Å². The Balaban J connectivity index is 1.79. The molecular weight excluding hydrogens is 342 g/mol. The van der Waals surface area contributed by atoms with Crippen molar-refractivity contribution in [1.29, 1.82) is 5.26 Å². The standard InChI is InChI=1S/C20H15N5O2/c21-11-15-4-1-2-7-17(15)24-20(22)25-18-9-8-16(12-23-18)13-5-3-6-14(10-13)19(26)27/h1-10,12H,(H,26,27)(H3,22,23,24,25). The van der Waals surface area contributed by atoms with Gasteiger partial charge in [0.25, 0.3) is 0 Å². The molecule has 2 aromatic carbocycles. The number of aliphatic imine (C=N–C) groups is 1. The maximum Gasteiger partial charge on any atom is 0.335 e. The number of carboxylic acids is 1. The average Bonchev–Trinajstić information content (AvgIpc) is 2.69. The van der Waals surface area contributed by atoms with Gasteiger partial charge in [-0.05, 0) is 42.0 Å². The zero-order chi connectivity index (χ0) is 19.2. The topological polar surface area (TPSA) is 124 Å². The number of aromatic carboxylic acids is 1. The quantitative estimate of drug-likeness (QED) is 0.486. The molecule has 3 aromatic rings. The fraction of sp³-hybridized carbons (Fsp3) is 0. The van der Waals surface area contributed by atoms with Gasteiger partial charge in [-0.3, -0.25) is 0 Å². The number of carbonyl (C=O) groups is 1. The van der Waals surface area contributed by atoms with Crippen LogP contribution in [0.2, 0.25) is 0 Å². The van der Waals surface area contributed by atoms with Crippen LogP contribution >= 0.6 is 0 Å². The number of guanidine groups is 1. The van der Waals surface area contributed by atoms with E-state index in [9.17, 15) is 4.79 Å². The number of benzene rings is 2. The molecule has 0 unspecified atom stereocenters. The number of pyridine rings is 1. The van der Waals surface area contributed by atoms with Crippen molar-refractivity contribution in [3.63, 3.8) is 0 Å². The molecular formula is C20H15N5O2. The molecule has 4 N–H and O–H groups in total. The van der Waals surface area contributed by atoms with Crippen LogP contribution in [-0.2, 0) is 0 Å². The fourth-order valence-corrected chi connectivity index (χ4v) is 2.43. The lowest BCUT2D eigenvalue weighted by atomic mass is 10.0. The molecule has 132 valence electrons. The van der Waals surface area contributed by atoms with Gasteiger partial charge in [-0.15, -0.1) is 0 Å². The van der Waals surface area contributed by atoms with Gasteiger partial charge < -0.3 is 16.2 Å². The number of aromatic nitrogens is 1. The van der Waals surface area contributed by atoms with Crippen LogP contribution < -0.4 is 11.1 Å². The second-order valence-corrected chi connectivity index (χ2v) is 5.57. The molecule has 0 atom stereocenters. The van der Waals surface area contributed by atoms with Gasteiger partial charge in [0.1, 0.15) is 6.07 Å². The first-order valence-corrected chi connectivity index (χ1v) is 7.97. The molecule has 0 aliphatic heterocycles. The number of para-hydroxylation sites is 1. The smallest absolute Gasteiger partial charge is 0.335 e. The van der Waals surface area contributed by atoms with Crippen molar-refractivity contribution in [2.24, 2.45) is 10.7 Å². The second kappa shape index (κ2) is 7.80. The van der Waals surface area contributed by atoms with Gasteiger partial charge in [0.2, 0.25) is 0 Å². The lowest BCUT2D eigenvalue weighted by Crippen LogP contribution is -2.22. The number of nitrogens with zero attached hydrogens (tertiary/aromatic N) is 3. The number of nitriles is 1. The van der Waals surface area contributed by atoms with Crippen LogP contribution in [0.25, 0.3) is 11.1 Å². The van der Waals surface area contributed by atoms with Gasteiger partial charge in [-0.1, -0.05) is 24.3 Å². The SMILES string of the molecule is N#Cc1ccccc1NC(N)=Nc1ccc(-c2cccc(C(=O)O)c2)cn1. The third-order valence-electron chi connectivity index (χ3n) is 3.74. The summed E-state index contributed by atoms with van der Waals surface area (Å²) in [6.07, 6.45) is 1.59. The van der Waals surface area contributed by atoms with Crippen molar-refractivity contribution in [2.45, 2.75) is 0 Å². The monoisotopic (exact) mass is 357 g/mol. The summed E-state index contributed by atoms with van der Waals surface area (Å²) in [7, 11) is 0. The summed E-state index contributed by atoms with van der Waals surface area (Å²) in [4.78, 5) is 19.5. The van der Waals surface area contributed by atoms with Gasteiger partial charge in [0, 0.05) is 11.8 Å². The summed E-state index contributed by atoms with van der Waals surface area (Å²) in [5, 5.41) is 21.1. The highest BCUT2D eigenvalue weighted by molar-refractivity contribution is 5.95. The number of carboxylic acid groups (broad SMARTS) is 1. The van der Waals surface area contributed by atoms with Gasteiger partial charge in [0.05, 0.1) is 16.8 Å². The Kier molecular flexibility index (Phi) is 5.10. The number of rotatable bonds is 4. The molecule has 0 fully saturated rings. The molecule has 0 radical (unpaired) electrons. The third-order valence-corrected chi connectivity index (χ3v) is 3.74. The highest BCUT2D eigenvalue weighted by atomic mass is 16.4. The number of hydrogen-bond donors (Lipinski definition) is 3. The van der Waals surface area contributed by atoms with Crippen LogP contribution in [0.1, 0.15) is 15.9 Å². The summed E-state index contributed by atoms with van der Waals surface area (Å²) in [5.41, 5.74) is 8.61. The lowest BCUT2D eigenvalue weighted by molar-refractivity contribution is 0.0697. The summed E-state index contributed by atoms with van der Waals surface area (Å²) < 4.78 is 0. The normalized spacial score (nSPS) is 10.9. The molecule has 1 heterocycles. The Hall–Kier alpha value is -4.18. The van der Waals surface area contributed by atoms with E-state index in [1.54, 1.807) is 60.8 Å². The van der Waals surface area contributed by atoms with E-state index < -0.39 is 5.97 Å². The number of hydrogen-bond acceptors (Lipinski definition) is 4. The van der Waals surface area contributed by atoms with Crippen molar-refractivity contribution in [1.82, 2.24) is 4.98 Å². The Bertz CT molecular complexity index is 1050. The van der Waals surface area contributed by atoms with Gasteiger partial charge in [-0.2, -0.15) is 10.3 Å². The Morgan fingerprint density at radius 3 is 2.63 bits per heavy atom. The average molecular weight is 357 g/mol. The second-order valence-electron chi connectivity index (χ2n) is 5.57. The third kappa shape index (κ3) is 4.27. The van der Waals surface area contributed by atoms with Crippen molar-refractivity contribution in [3.8, 4) is 17.2 Å². The first-order chi connectivity index (χ1) is 13.1.